The van der Waals surface area contributed by atoms with Crippen LogP contribution in [0.15, 0.2) is 0 Å². The summed E-state index contributed by atoms with van der Waals surface area (Å²) >= 11 is 3.96. The van der Waals surface area contributed by atoms with Gasteiger partial charge in [-0.25, -0.2) is 0 Å². The molecular formula is C13H25NO6S. The standard InChI is InChI=1S/C13H25NO6S/c1-2-10(8-15)20-13(18)9-19-12(17)5-3-4-11(16)14-6-7-21/h10,13,15,18,21H,2-9H2,1H3,(H,14,16). The molecule has 0 rings (SSSR count). The number of esters is 1. The number of hydrogen-bond donors (Lipinski definition) is 4. The van der Waals surface area contributed by atoms with Crippen molar-refractivity contribution in [1.82, 2.24) is 5.32 Å². The third-order valence-electron chi connectivity index (χ3n) is 2.61. The lowest BCUT2D eigenvalue weighted by molar-refractivity contribution is -0.183. The van der Waals surface area contributed by atoms with Gasteiger partial charge in [0.1, 0.15) is 6.61 Å². The molecule has 0 aliphatic carbocycles. The maximum absolute atomic E-state index is 11.4. The van der Waals surface area contributed by atoms with Gasteiger partial charge in [-0.1, -0.05) is 6.92 Å². The van der Waals surface area contributed by atoms with Crippen LogP contribution in [0, 0.1) is 0 Å². The second-order valence-electron chi connectivity index (χ2n) is 4.41. The lowest BCUT2D eigenvalue weighted by Crippen LogP contribution is -2.29. The predicted molar refractivity (Wildman–Crippen MR) is 79.9 cm³/mol. The molecule has 8 heteroatoms. The summed E-state index contributed by atoms with van der Waals surface area (Å²) in [5, 5.41) is 21.0. The molecule has 0 aromatic carbocycles. The molecule has 21 heavy (non-hydrogen) atoms. The molecule has 0 aliphatic heterocycles. The molecule has 0 spiro atoms. The molecule has 0 saturated heterocycles. The van der Waals surface area contributed by atoms with Crippen LogP contribution in [-0.4, -0.2) is 60.0 Å². The van der Waals surface area contributed by atoms with Crippen molar-refractivity contribution >= 4 is 24.5 Å². The average Bonchev–Trinajstić information content (AvgIpc) is 2.48. The highest BCUT2D eigenvalue weighted by molar-refractivity contribution is 7.80. The Balaban J connectivity index is 3.68. The molecule has 1 amide bonds. The first-order valence-electron chi connectivity index (χ1n) is 7.01. The Hall–Kier alpha value is -0.830. The number of amides is 1. The molecule has 0 aromatic heterocycles. The number of carbonyl (C=O) groups is 2. The zero-order valence-electron chi connectivity index (χ0n) is 12.3. The number of aliphatic hydroxyl groups is 2. The fourth-order valence-electron chi connectivity index (χ4n) is 1.44. The van der Waals surface area contributed by atoms with Crippen LogP contribution in [0.2, 0.25) is 0 Å². The molecule has 0 saturated carbocycles. The van der Waals surface area contributed by atoms with Gasteiger partial charge in [0.05, 0.1) is 12.7 Å². The van der Waals surface area contributed by atoms with E-state index < -0.39 is 18.4 Å². The van der Waals surface area contributed by atoms with Gasteiger partial charge in [-0.3, -0.25) is 9.59 Å². The number of thiol groups is 1. The monoisotopic (exact) mass is 323 g/mol. The first kappa shape index (κ1) is 20.2. The summed E-state index contributed by atoms with van der Waals surface area (Å²) in [6, 6.07) is 0. The van der Waals surface area contributed by atoms with Gasteiger partial charge in [0.15, 0.2) is 6.29 Å². The van der Waals surface area contributed by atoms with Crippen molar-refractivity contribution in [3.8, 4) is 0 Å². The zero-order chi connectivity index (χ0) is 16.1. The maximum atomic E-state index is 11.4. The van der Waals surface area contributed by atoms with Crippen molar-refractivity contribution in [2.24, 2.45) is 0 Å². The van der Waals surface area contributed by atoms with Crippen molar-refractivity contribution < 1.29 is 29.3 Å². The highest BCUT2D eigenvalue weighted by atomic mass is 32.1. The molecule has 0 aliphatic rings. The molecule has 0 radical (unpaired) electrons. The second-order valence-corrected chi connectivity index (χ2v) is 4.86. The number of rotatable bonds is 12. The van der Waals surface area contributed by atoms with Crippen LogP contribution >= 0.6 is 12.6 Å². The summed E-state index contributed by atoms with van der Waals surface area (Å²) in [6.45, 7) is 1.81. The Bertz CT molecular complexity index is 298. The molecule has 0 heterocycles. The number of hydrogen-bond acceptors (Lipinski definition) is 7. The SMILES string of the molecule is CCC(CO)OC(O)COC(=O)CCCC(=O)NCCS. The molecule has 2 atom stereocenters. The van der Waals surface area contributed by atoms with Gasteiger partial charge in [-0.15, -0.1) is 0 Å². The molecule has 2 unspecified atom stereocenters. The lowest BCUT2D eigenvalue weighted by atomic mass is 10.2. The third-order valence-corrected chi connectivity index (χ3v) is 2.84. The zero-order valence-corrected chi connectivity index (χ0v) is 13.2. The number of aliphatic hydroxyl groups excluding tert-OH is 2. The maximum Gasteiger partial charge on any atom is 0.305 e. The molecule has 7 nitrogen and oxygen atoms in total. The normalized spacial score (nSPS) is 13.5. The summed E-state index contributed by atoms with van der Waals surface area (Å²) in [4.78, 5) is 22.6. The Labute approximate surface area is 130 Å². The number of nitrogens with one attached hydrogen (secondary N) is 1. The predicted octanol–water partition coefficient (Wildman–Crippen LogP) is -0.148. The van der Waals surface area contributed by atoms with Crippen LogP contribution in [0.4, 0.5) is 0 Å². The van der Waals surface area contributed by atoms with Crippen molar-refractivity contribution in [1.29, 1.82) is 0 Å². The Kier molecular flexibility index (Phi) is 12.4. The Morgan fingerprint density at radius 1 is 1.33 bits per heavy atom. The van der Waals surface area contributed by atoms with Crippen molar-refractivity contribution in [3.05, 3.63) is 0 Å². The van der Waals surface area contributed by atoms with Crippen LogP contribution in [0.1, 0.15) is 32.6 Å². The van der Waals surface area contributed by atoms with Gasteiger partial charge in [0, 0.05) is 25.1 Å². The molecule has 0 bridgehead atoms. The Morgan fingerprint density at radius 3 is 2.62 bits per heavy atom. The van der Waals surface area contributed by atoms with E-state index in [-0.39, 0.29) is 32.0 Å². The van der Waals surface area contributed by atoms with Crippen LogP contribution in [-0.2, 0) is 19.1 Å². The van der Waals surface area contributed by atoms with E-state index in [1.165, 1.54) is 0 Å². The van der Waals surface area contributed by atoms with E-state index >= 15 is 0 Å². The fourth-order valence-corrected chi connectivity index (χ4v) is 1.55. The van der Waals surface area contributed by atoms with E-state index in [4.69, 9.17) is 14.6 Å². The largest absolute Gasteiger partial charge is 0.460 e. The molecule has 0 aromatic rings. The first-order chi connectivity index (χ1) is 10.0. The summed E-state index contributed by atoms with van der Waals surface area (Å²) in [7, 11) is 0. The van der Waals surface area contributed by atoms with Gasteiger partial charge in [-0.05, 0) is 12.8 Å². The van der Waals surface area contributed by atoms with Crippen LogP contribution in [0.3, 0.4) is 0 Å². The Morgan fingerprint density at radius 2 is 2.05 bits per heavy atom. The van der Waals surface area contributed by atoms with Crippen LogP contribution < -0.4 is 5.32 Å². The average molecular weight is 323 g/mol. The van der Waals surface area contributed by atoms with Gasteiger partial charge in [0.2, 0.25) is 5.91 Å². The van der Waals surface area contributed by atoms with Gasteiger partial charge < -0.3 is 25.0 Å². The minimum atomic E-state index is -1.26. The van der Waals surface area contributed by atoms with Gasteiger partial charge in [-0.2, -0.15) is 12.6 Å². The summed E-state index contributed by atoms with van der Waals surface area (Å²) < 4.78 is 9.86. The molecular weight excluding hydrogens is 298 g/mol. The smallest absolute Gasteiger partial charge is 0.305 e. The van der Waals surface area contributed by atoms with E-state index in [1.807, 2.05) is 0 Å². The molecule has 0 fully saturated rings. The number of carbonyl (C=O) groups excluding carboxylic acids is 2. The van der Waals surface area contributed by atoms with Crippen LogP contribution in [0.25, 0.3) is 0 Å². The van der Waals surface area contributed by atoms with Crippen molar-refractivity contribution in [2.45, 2.75) is 45.0 Å². The van der Waals surface area contributed by atoms with Crippen LogP contribution in [0.5, 0.6) is 0 Å². The summed E-state index contributed by atoms with van der Waals surface area (Å²) in [5.74, 6) is -0.0659. The van der Waals surface area contributed by atoms with E-state index in [0.717, 1.165) is 0 Å². The highest BCUT2D eigenvalue weighted by Gasteiger charge is 2.14. The second kappa shape index (κ2) is 12.9. The topological polar surface area (TPSA) is 105 Å². The molecule has 3 N–H and O–H groups in total. The van der Waals surface area contributed by atoms with Gasteiger partial charge in [0.25, 0.3) is 0 Å². The highest BCUT2D eigenvalue weighted by Crippen LogP contribution is 2.03. The van der Waals surface area contributed by atoms with E-state index in [0.29, 0.717) is 25.1 Å². The summed E-state index contributed by atoms with van der Waals surface area (Å²) in [6.07, 6.45) is -0.479. The third kappa shape index (κ3) is 11.5. The van der Waals surface area contributed by atoms with Gasteiger partial charge >= 0.3 is 5.97 Å². The lowest BCUT2D eigenvalue weighted by Gasteiger charge is -2.18. The number of ether oxygens (including phenoxy) is 2. The fraction of sp³-hybridized carbons (Fsp3) is 0.846. The van der Waals surface area contributed by atoms with E-state index in [2.05, 4.69) is 17.9 Å². The summed E-state index contributed by atoms with van der Waals surface area (Å²) in [5.41, 5.74) is 0. The van der Waals surface area contributed by atoms with E-state index in [9.17, 15) is 14.7 Å². The van der Waals surface area contributed by atoms with Crippen molar-refractivity contribution in [2.75, 3.05) is 25.5 Å². The van der Waals surface area contributed by atoms with Crippen molar-refractivity contribution in [3.63, 3.8) is 0 Å². The molecule has 124 valence electrons. The minimum absolute atomic E-state index is 0.0955. The quantitative estimate of drug-likeness (QED) is 0.226. The first-order valence-corrected chi connectivity index (χ1v) is 7.64. The van der Waals surface area contributed by atoms with E-state index in [1.54, 1.807) is 6.92 Å². The minimum Gasteiger partial charge on any atom is -0.460 e.